The predicted molar refractivity (Wildman–Crippen MR) is 99.7 cm³/mol. The number of hydrogen-bond acceptors (Lipinski definition) is 4. The van der Waals surface area contributed by atoms with Crippen molar-refractivity contribution in [2.45, 2.75) is 44.1 Å². The number of likely N-dealkylation sites (N-methyl/N-ethyl adjacent to an activating group) is 1. The third-order valence-corrected chi connectivity index (χ3v) is 5.92. The van der Waals surface area contributed by atoms with E-state index in [9.17, 15) is 31.1 Å². The number of carbonyl (C=O) groups is 1. The van der Waals surface area contributed by atoms with Gasteiger partial charge in [0.25, 0.3) is 0 Å². The highest BCUT2D eigenvalue weighted by molar-refractivity contribution is 5.93. The van der Waals surface area contributed by atoms with Gasteiger partial charge in [0.2, 0.25) is 11.7 Å². The van der Waals surface area contributed by atoms with Crippen molar-refractivity contribution in [2.75, 3.05) is 13.6 Å². The number of rotatable bonds is 3. The van der Waals surface area contributed by atoms with E-state index in [1.807, 2.05) is 0 Å². The molecule has 1 aliphatic carbocycles. The van der Waals surface area contributed by atoms with Crippen molar-refractivity contribution in [3.05, 3.63) is 58.4 Å². The molecule has 2 heterocycles. The van der Waals surface area contributed by atoms with E-state index in [0.29, 0.717) is 11.6 Å². The zero-order valence-corrected chi connectivity index (χ0v) is 16.9. The van der Waals surface area contributed by atoms with E-state index in [2.05, 4.69) is 15.5 Å². The summed E-state index contributed by atoms with van der Waals surface area (Å²) < 4.78 is 81.2. The number of benzene rings is 1. The van der Waals surface area contributed by atoms with Gasteiger partial charge in [0.05, 0.1) is 6.54 Å². The molecule has 2 atom stereocenters. The van der Waals surface area contributed by atoms with E-state index in [4.69, 9.17) is 0 Å². The second-order valence-electron chi connectivity index (χ2n) is 7.77. The van der Waals surface area contributed by atoms with Crippen LogP contribution in [0.2, 0.25) is 0 Å². The largest absolute Gasteiger partial charge is 0.451 e. The van der Waals surface area contributed by atoms with E-state index >= 15 is 0 Å². The Balaban J connectivity index is 1.52. The van der Waals surface area contributed by atoms with E-state index in [1.54, 1.807) is 13.1 Å². The van der Waals surface area contributed by atoms with Gasteiger partial charge in [-0.05, 0) is 31.5 Å². The van der Waals surface area contributed by atoms with Crippen LogP contribution in [0.25, 0.3) is 0 Å². The molecule has 32 heavy (non-hydrogen) atoms. The van der Waals surface area contributed by atoms with E-state index in [-0.39, 0.29) is 49.8 Å². The Labute approximate surface area is 178 Å². The van der Waals surface area contributed by atoms with Crippen LogP contribution in [0.4, 0.5) is 26.3 Å². The number of allylic oxidation sites excluding steroid dienone is 1. The van der Waals surface area contributed by atoms with Crippen LogP contribution in [0.5, 0.6) is 0 Å². The van der Waals surface area contributed by atoms with Gasteiger partial charge in [-0.3, -0.25) is 4.79 Å². The molecule has 0 radical (unpaired) electrons. The highest BCUT2D eigenvalue weighted by Crippen LogP contribution is 2.36. The summed E-state index contributed by atoms with van der Waals surface area (Å²) in [5, 5.41) is 9.76. The van der Waals surface area contributed by atoms with Crippen molar-refractivity contribution in [3.63, 3.8) is 0 Å². The molecule has 0 saturated carbocycles. The lowest BCUT2D eigenvalue weighted by atomic mass is 9.80. The van der Waals surface area contributed by atoms with Gasteiger partial charge in [-0.1, -0.05) is 6.08 Å². The van der Waals surface area contributed by atoms with Crippen molar-refractivity contribution < 1.29 is 31.1 Å². The molecule has 2 aliphatic rings. The molecule has 4 rings (SSSR count). The minimum atomic E-state index is -4.63. The van der Waals surface area contributed by atoms with Crippen LogP contribution in [-0.4, -0.2) is 45.2 Å². The summed E-state index contributed by atoms with van der Waals surface area (Å²) in [5.41, 5.74) is 0.421. The molecule has 6 nitrogen and oxygen atoms in total. The minimum absolute atomic E-state index is 0.0109. The molecule has 1 aliphatic heterocycles. The monoisotopic (exact) mass is 459 g/mol. The second-order valence-corrected chi connectivity index (χ2v) is 7.77. The summed E-state index contributed by atoms with van der Waals surface area (Å²) in [6.07, 6.45) is -2.62. The van der Waals surface area contributed by atoms with Gasteiger partial charge in [0.1, 0.15) is 5.82 Å². The fraction of sp³-hybridized carbons (Fsp3) is 0.450. The summed E-state index contributed by atoms with van der Waals surface area (Å²) >= 11 is 0. The first-order valence-electron chi connectivity index (χ1n) is 9.89. The van der Waals surface area contributed by atoms with Gasteiger partial charge in [0.15, 0.2) is 17.5 Å². The quantitative estimate of drug-likeness (QED) is 0.566. The smallest absolute Gasteiger partial charge is 0.330 e. The zero-order chi connectivity index (χ0) is 23.2. The van der Waals surface area contributed by atoms with Gasteiger partial charge >= 0.3 is 6.18 Å². The number of nitrogens with zero attached hydrogens (tertiary/aromatic N) is 4. The highest BCUT2D eigenvalue weighted by Gasteiger charge is 2.40. The van der Waals surface area contributed by atoms with E-state index < -0.39 is 41.4 Å². The number of halogens is 6. The van der Waals surface area contributed by atoms with Gasteiger partial charge in [0, 0.05) is 36.7 Å². The zero-order valence-electron chi connectivity index (χ0n) is 16.9. The predicted octanol–water partition coefficient (Wildman–Crippen LogP) is 3.15. The number of carbonyl (C=O) groups excluding carboxylic acids is 1. The molecule has 2 aromatic rings. The highest BCUT2D eigenvalue weighted by atomic mass is 19.4. The molecule has 1 aromatic carbocycles. The lowest BCUT2D eigenvalue weighted by Crippen LogP contribution is -2.43. The van der Waals surface area contributed by atoms with Crippen LogP contribution in [0.1, 0.15) is 36.0 Å². The molecular weight excluding hydrogens is 440 g/mol. The molecule has 0 saturated heterocycles. The number of hydrogen-bond donors (Lipinski definition) is 1. The Morgan fingerprint density at radius 1 is 1.09 bits per heavy atom. The van der Waals surface area contributed by atoms with Gasteiger partial charge in [-0.25, -0.2) is 13.2 Å². The fourth-order valence-electron chi connectivity index (χ4n) is 4.28. The first-order valence-corrected chi connectivity index (χ1v) is 9.89. The Hall–Kier alpha value is -2.89. The van der Waals surface area contributed by atoms with Crippen LogP contribution in [0.15, 0.2) is 23.8 Å². The fourth-order valence-corrected chi connectivity index (χ4v) is 4.28. The van der Waals surface area contributed by atoms with Crippen LogP contribution in [0, 0.1) is 17.5 Å². The van der Waals surface area contributed by atoms with Crippen molar-refractivity contribution >= 4 is 5.91 Å². The third-order valence-electron chi connectivity index (χ3n) is 5.92. The van der Waals surface area contributed by atoms with Crippen LogP contribution < -0.4 is 5.32 Å². The average Bonchev–Trinajstić information content (AvgIpc) is 3.19. The van der Waals surface area contributed by atoms with Crippen LogP contribution in [0.3, 0.4) is 0 Å². The normalized spacial score (nSPS) is 21.3. The maximum absolute atomic E-state index is 14.3. The van der Waals surface area contributed by atoms with Crippen molar-refractivity contribution in [2.24, 2.45) is 0 Å². The maximum Gasteiger partial charge on any atom is 0.451 e. The minimum Gasteiger partial charge on any atom is -0.330 e. The maximum atomic E-state index is 14.3. The Kier molecular flexibility index (Phi) is 5.74. The Morgan fingerprint density at radius 2 is 1.81 bits per heavy atom. The molecule has 1 aromatic heterocycles. The van der Waals surface area contributed by atoms with E-state index in [1.165, 1.54) is 4.90 Å². The molecule has 0 bridgehead atoms. The van der Waals surface area contributed by atoms with Crippen molar-refractivity contribution in [3.8, 4) is 0 Å². The molecule has 172 valence electrons. The Bertz CT molecular complexity index is 1080. The molecule has 1 N–H and O–H groups in total. The van der Waals surface area contributed by atoms with Gasteiger partial charge < -0.3 is 14.8 Å². The molecule has 1 unspecified atom stereocenters. The lowest BCUT2D eigenvalue weighted by molar-refractivity contribution is -0.148. The van der Waals surface area contributed by atoms with Crippen molar-refractivity contribution in [1.82, 2.24) is 25.0 Å². The summed E-state index contributed by atoms with van der Waals surface area (Å²) in [6.45, 7) is -0.158. The van der Waals surface area contributed by atoms with Gasteiger partial charge in [-0.2, -0.15) is 13.2 Å². The van der Waals surface area contributed by atoms with Gasteiger partial charge in [-0.15, -0.1) is 10.2 Å². The average molecular weight is 459 g/mol. The second kappa shape index (κ2) is 8.23. The summed E-state index contributed by atoms with van der Waals surface area (Å²) in [5.74, 6) is -5.24. The lowest BCUT2D eigenvalue weighted by Gasteiger charge is -2.34. The molecule has 1 amide bonds. The number of fused-ring (bicyclic) bond motifs is 1. The van der Waals surface area contributed by atoms with Crippen LogP contribution in [-0.2, 0) is 24.1 Å². The first-order chi connectivity index (χ1) is 15.1. The van der Waals surface area contributed by atoms with Crippen LogP contribution >= 0.6 is 0 Å². The number of alkyl halides is 3. The summed E-state index contributed by atoms with van der Waals surface area (Å²) in [7, 11) is 1.62. The topological polar surface area (TPSA) is 63.1 Å². The summed E-state index contributed by atoms with van der Waals surface area (Å²) in [6, 6.07) is 0.903. The molecular formula is C20H19F6N5O. The third kappa shape index (κ3) is 3.98. The molecule has 0 spiro atoms. The summed E-state index contributed by atoms with van der Waals surface area (Å²) in [4.78, 5) is 14.4. The SMILES string of the molecule is CNC1CC(C(=O)N2CCn3c(nnc3C(F)(F)F)C2)=CC[C@@H]1c1cc(F)c(F)cc1F. The number of nitrogens with one attached hydrogen (secondary N) is 1. The molecule has 0 fully saturated rings. The number of amides is 1. The molecule has 12 heteroatoms. The standard InChI is InChI=1S/C20H19F6N5O/c1-27-16-6-10(2-3-11(16)12-7-14(22)15(23)8-13(12)21)18(32)30-4-5-31-17(9-30)28-29-19(31)20(24,25)26/h2,7-8,11,16,27H,3-6,9H2,1H3/t11-,16?/m1/s1. The Morgan fingerprint density at radius 3 is 2.50 bits per heavy atom. The van der Waals surface area contributed by atoms with E-state index in [0.717, 1.165) is 10.6 Å². The number of aromatic nitrogens is 3. The first kappa shape index (κ1) is 22.3. The van der Waals surface area contributed by atoms with Crippen molar-refractivity contribution in [1.29, 1.82) is 0 Å².